The number of hydrogen-bond donors (Lipinski definition) is 1. The first-order valence-electron chi connectivity index (χ1n) is 12.6. The van der Waals surface area contributed by atoms with Crippen LogP contribution in [0.25, 0.3) is 0 Å². The van der Waals surface area contributed by atoms with Gasteiger partial charge in [-0.05, 0) is 72.3 Å². The van der Waals surface area contributed by atoms with Crippen LogP contribution in [0.4, 0.5) is 0 Å². The summed E-state index contributed by atoms with van der Waals surface area (Å²) < 4.78 is 0. The van der Waals surface area contributed by atoms with E-state index in [4.69, 9.17) is 0 Å². The molecule has 2 nitrogen and oxygen atoms in total. The van der Waals surface area contributed by atoms with Gasteiger partial charge in [-0.3, -0.25) is 0 Å². The van der Waals surface area contributed by atoms with Crippen molar-refractivity contribution in [3.8, 4) is 0 Å². The van der Waals surface area contributed by atoms with Gasteiger partial charge in [0.25, 0.3) is 0 Å². The molecule has 6 unspecified atom stereocenters. The Morgan fingerprint density at radius 3 is 1.59 bits per heavy atom. The van der Waals surface area contributed by atoms with Gasteiger partial charge in [0.05, 0.1) is 5.56 Å². The van der Waals surface area contributed by atoms with E-state index in [0.29, 0.717) is 11.8 Å². The van der Waals surface area contributed by atoms with E-state index in [1.54, 1.807) is 0 Å². The first-order chi connectivity index (χ1) is 14.2. The van der Waals surface area contributed by atoms with Crippen LogP contribution in [0.5, 0.6) is 0 Å². The third-order valence-electron chi connectivity index (χ3n) is 9.29. The summed E-state index contributed by atoms with van der Waals surface area (Å²) in [6, 6.07) is 6.58. The second-order valence-electron chi connectivity index (χ2n) is 10.6. The number of hydrogen-bond acceptors (Lipinski definition) is 1. The smallest absolute Gasteiger partial charge is 0.336 e. The largest absolute Gasteiger partial charge is 0.478 e. The highest BCUT2D eigenvalue weighted by Gasteiger charge is 2.40. The Kier molecular flexibility index (Phi) is 5.71. The van der Waals surface area contributed by atoms with E-state index >= 15 is 0 Å². The zero-order chi connectivity index (χ0) is 19.8. The normalized spacial score (nSPS) is 37.4. The molecule has 6 atom stereocenters. The summed E-state index contributed by atoms with van der Waals surface area (Å²) in [5, 5.41) is 10.4. The van der Waals surface area contributed by atoms with Crippen LogP contribution in [0.1, 0.15) is 123 Å². The van der Waals surface area contributed by atoms with Gasteiger partial charge in [0, 0.05) is 0 Å². The number of carboxylic acids is 1. The lowest BCUT2D eigenvalue weighted by atomic mass is 9.61. The third kappa shape index (κ3) is 3.66. The van der Waals surface area contributed by atoms with E-state index in [-0.39, 0.29) is 0 Å². The second-order valence-corrected chi connectivity index (χ2v) is 10.6. The van der Waals surface area contributed by atoms with Gasteiger partial charge in [-0.25, -0.2) is 4.79 Å². The molecule has 158 valence electrons. The Labute approximate surface area is 176 Å². The van der Waals surface area contributed by atoms with Gasteiger partial charge in [0.2, 0.25) is 0 Å². The summed E-state index contributed by atoms with van der Waals surface area (Å²) in [5.41, 5.74) is 3.12. The molecule has 0 saturated heterocycles. The topological polar surface area (TPSA) is 37.3 Å². The van der Waals surface area contributed by atoms with Crippen molar-refractivity contribution in [2.24, 2.45) is 23.7 Å². The van der Waals surface area contributed by atoms with Crippen LogP contribution in [0.3, 0.4) is 0 Å². The van der Waals surface area contributed by atoms with Gasteiger partial charge in [-0.15, -0.1) is 0 Å². The maximum absolute atomic E-state index is 12.6. The van der Waals surface area contributed by atoms with Crippen molar-refractivity contribution in [1.29, 1.82) is 0 Å². The van der Waals surface area contributed by atoms with Crippen molar-refractivity contribution in [2.45, 2.75) is 102 Å². The number of rotatable bonds is 3. The quantitative estimate of drug-likeness (QED) is 0.575. The second kappa shape index (κ2) is 8.44. The van der Waals surface area contributed by atoms with Crippen LogP contribution in [0, 0.1) is 23.7 Å². The Hall–Kier alpha value is -1.31. The molecule has 5 rings (SSSR count). The Bertz CT molecular complexity index is 682. The van der Waals surface area contributed by atoms with Crippen LogP contribution in [-0.4, -0.2) is 11.1 Å². The molecule has 29 heavy (non-hydrogen) atoms. The average molecular weight is 395 g/mol. The van der Waals surface area contributed by atoms with E-state index in [0.717, 1.165) is 29.2 Å². The zero-order valence-electron chi connectivity index (χ0n) is 18.0. The van der Waals surface area contributed by atoms with E-state index in [1.807, 2.05) is 0 Å². The van der Waals surface area contributed by atoms with Crippen LogP contribution < -0.4 is 0 Å². The number of benzene rings is 1. The third-order valence-corrected chi connectivity index (χ3v) is 9.29. The van der Waals surface area contributed by atoms with E-state index in [2.05, 4.69) is 18.2 Å². The lowest BCUT2D eigenvalue weighted by molar-refractivity contribution is 0.0685. The SMILES string of the molecule is O=C(O)c1c(C2CCCC3CCCCC32)cccc1C1CCCC2CCCCC21. The predicted molar refractivity (Wildman–Crippen MR) is 117 cm³/mol. The first-order valence-corrected chi connectivity index (χ1v) is 12.6. The highest BCUT2D eigenvalue weighted by Crippen LogP contribution is 2.52. The number of carboxylic acid groups (broad SMARTS) is 1. The lowest BCUT2D eigenvalue weighted by Crippen LogP contribution is -2.32. The standard InChI is InChI=1S/C27H38O2/c28-27(29)26-24(22-14-5-10-18-8-1-3-12-20(18)22)16-7-17-25(26)23-15-6-11-19-9-2-4-13-21(19)23/h7,16-23H,1-6,8-15H2,(H,28,29). The fourth-order valence-corrected chi connectivity index (χ4v) is 8.10. The van der Waals surface area contributed by atoms with Crippen LogP contribution in [0.15, 0.2) is 18.2 Å². The van der Waals surface area contributed by atoms with Crippen molar-refractivity contribution in [2.75, 3.05) is 0 Å². The van der Waals surface area contributed by atoms with Gasteiger partial charge in [0.1, 0.15) is 0 Å². The Morgan fingerprint density at radius 2 is 1.10 bits per heavy atom. The van der Waals surface area contributed by atoms with Gasteiger partial charge in [0.15, 0.2) is 0 Å². The maximum atomic E-state index is 12.6. The van der Waals surface area contributed by atoms with Gasteiger partial charge in [-0.2, -0.15) is 0 Å². The molecule has 0 aliphatic heterocycles. The number of fused-ring (bicyclic) bond motifs is 2. The monoisotopic (exact) mass is 394 g/mol. The molecule has 4 fully saturated rings. The van der Waals surface area contributed by atoms with Crippen molar-refractivity contribution in [3.63, 3.8) is 0 Å². The average Bonchev–Trinajstić information content (AvgIpc) is 2.77. The molecule has 4 aliphatic rings. The molecule has 0 aromatic heterocycles. The summed E-state index contributed by atoms with van der Waals surface area (Å²) in [5.74, 6) is 3.41. The summed E-state index contributed by atoms with van der Waals surface area (Å²) in [6.45, 7) is 0. The first kappa shape index (κ1) is 19.6. The molecule has 0 radical (unpaired) electrons. The lowest BCUT2D eigenvalue weighted by Gasteiger charge is -2.44. The fourth-order valence-electron chi connectivity index (χ4n) is 8.10. The molecule has 1 N–H and O–H groups in total. The summed E-state index contributed by atoms with van der Waals surface area (Å²) in [4.78, 5) is 12.6. The molecule has 0 bridgehead atoms. The highest BCUT2D eigenvalue weighted by molar-refractivity contribution is 5.91. The van der Waals surface area contributed by atoms with Crippen molar-refractivity contribution < 1.29 is 9.90 Å². The number of aromatic carboxylic acids is 1. The van der Waals surface area contributed by atoms with Crippen molar-refractivity contribution in [1.82, 2.24) is 0 Å². The van der Waals surface area contributed by atoms with Crippen LogP contribution in [-0.2, 0) is 0 Å². The molecule has 0 spiro atoms. The summed E-state index contributed by atoms with van der Waals surface area (Å²) in [6.07, 6.45) is 18.5. The van der Waals surface area contributed by atoms with Crippen LogP contribution in [0.2, 0.25) is 0 Å². The summed E-state index contributed by atoms with van der Waals surface area (Å²) >= 11 is 0. The van der Waals surface area contributed by atoms with E-state index in [1.165, 1.54) is 101 Å². The molecule has 4 saturated carbocycles. The Morgan fingerprint density at radius 1 is 0.655 bits per heavy atom. The van der Waals surface area contributed by atoms with Crippen molar-refractivity contribution >= 4 is 5.97 Å². The zero-order valence-corrected chi connectivity index (χ0v) is 18.0. The maximum Gasteiger partial charge on any atom is 0.336 e. The minimum Gasteiger partial charge on any atom is -0.478 e. The minimum absolute atomic E-state index is 0.478. The number of carbonyl (C=O) groups is 1. The minimum atomic E-state index is -0.661. The van der Waals surface area contributed by atoms with Gasteiger partial charge >= 0.3 is 5.97 Å². The van der Waals surface area contributed by atoms with Crippen LogP contribution >= 0.6 is 0 Å². The molecule has 1 aromatic carbocycles. The molecule has 2 heteroatoms. The molecular weight excluding hydrogens is 356 g/mol. The van der Waals surface area contributed by atoms with Gasteiger partial charge < -0.3 is 5.11 Å². The molecule has 1 aromatic rings. The van der Waals surface area contributed by atoms with Crippen molar-refractivity contribution in [3.05, 3.63) is 34.9 Å². The molecule has 0 amide bonds. The molecule has 4 aliphatic carbocycles. The predicted octanol–water partition coefficient (Wildman–Crippen LogP) is 7.53. The highest BCUT2D eigenvalue weighted by atomic mass is 16.4. The van der Waals surface area contributed by atoms with E-state index in [9.17, 15) is 9.90 Å². The molecular formula is C27H38O2. The van der Waals surface area contributed by atoms with Gasteiger partial charge in [-0.1, -0.05) is 82.4 Å². The summed E-state index contributed by atoms with van der Waals surface area (Å²) in [7, 11) is 0. The molecule has 0 heterocycles. The Balaban J connectivity index is 1.53. The fraction of sp³-hybridized carbons (Fsp3) is 0.741. The van der Waals surface area contributed by atoms with E-state index < -0.39 is 5.97 Å².